The van der Waals surface area contributed by atoms with Crippen molar-refractivity contribution in [1.82, 2.24) is 19.7 Å². The normalized spacial score (nSPS) is 11.2. The molecule has 0 aliphatic carbocycles. The number of nitrogens with zero attached hydrogens (tertiary/aromatic N) is 5. The van der Waals surface area contributed by atoms with E-state index in [9.17, 15) is 4.79 Å². The second kappa shape index (κ2) is 8.97. The zero-order valence-electron chi connectivity index (χ0n) is 16.7. The number of hydrogen-bond acceptors (Lipinski definition) is 5. The number of benzene rings is 1. The van der Waals surface area contributed by atoms with E-state index in [0.717, 1.165) is 16.7 Å². The number of aromatic nitrogens is 3. The highest BCUT2D eigenvalue weighted by atomic mass is 16.5. The van der Waals surface area contributed by atoms with Crippen LogP contribution in [0.2, 0.25) is 0 Å². The van der Waals surface area contributed by atoms with Gasteiger partial charge in [0.1, 0.15) is 18.1 Å². The topological polar surface area (TPSA) is 72.6 Å². The Morgan fingerprint density at radius 2 is 1.97 bits per heavy atom. The van der Waals surface area contributed by atoms with E-state index in [-0.39, 0.29) is 12.5 Å². The number of carbonyl (C=O) groups excluding carboxylic acids is 1. The maximum absolute atomic E-state index is 11.8. The fourth-order valence-electron chi connectivity index (χ4n) is 2.71. The minimum absolute atomic E-state index is 0.00827. The number of allylic oxidation sites excluding steroid dienone is 1. The average Bonchev–Trinajstić information content (AvgIpc) is 3.20. The Morgan fingerprint density at radius 3 is 2.62 bits per heavy atom. The molecule has 2 aromatic heterocycles. The third kappa shape index (κ3) is 4.76. The van der Waals surface area contributed by atoms with E-state index < -0.39 is 0 Å². The molecular weight excluding hydrogens is 366 g/mol. The van der Waals surface area contributed by atoms with Crippen molar-refractivity contribution in [1.29, 1.82) is 0 Å². The molecule has 2 heterocycles. The molecule has 1 amide bonds. The first-order chi connectivity index (χ1) is 14.0. The lowest BCUT2D eigenvalue weighted by Gasteiger charge is -2.12. The monoisotopic (exact) mass is 389 g/mol. The van der Waals surface area contributed by atoms with Gasteiger partial charge in [-0.2, -0.15) is 5.10 Å². The van der Waals surface area contributed by atoms with E-state index >= 15 is 0 Å². The zero-order valence-corrected chi connectivity index (χ0v) is 16.7. The molecule has 0 N–H and O–H groups in total. The van der Waals surface area contributed by atoms with Crippen LogP contribution in [-0.4, -0.2) is 46.4 Å². The number of amides is 1. The van der Waals surface area contributed by atoms with E-state index in [1.807, 2.05) is 43.5 Å². The van der Waals surface area contributed by atoms with Crippen molar-refractivity contribution in [3.63, 3.8) is 0 Å². The molecule has 148 valence electrons. The highest BCUT2D eigenvalue weighted by molar-refractivity contribution is 5.75. The van der Waals surface area contributed by atoms with Gasteiger partial charge in [-0.3, -0.25) is 19.5 Å². The van der Waals surface area contributed by atoms with Crippen molar-refractivity contribution in [2.45, 2.75) is 13.5 Å². The first-order valence-electron chi connectivity index (χ1n) is 9.10. The number of ether oxygens (including phenoxy) is 1. The Morgan fingerprint density at radius 1 is 1.21 bits per heavy atom. The number of likely N-dealkylation sites (N-methyl/N-ethyl adjacent to an activating group) is 1. The summed E-state index contributed by atoms with van der Waals surface area (Å²) in [6, 6.07) is 9.47. The lowest BCUT2D eigenvalue weighted by Crippen LogP contribution is -2.26. The molecule has 0 aliphatic heterocycles. The predicted molar refractivity (Wildman–Crippen MR) is 114 cm³/mol. The van der Waals surface area contributed by atoms with Crippen molar-refractivity contribution in [2.75, 3.05) is 14.1 Å². The van der Waals surface area contributed by atoms with Crippen LogP contribution in [0.4, 0.5) is 5.69 Å². The maximum Gasteiger partial charge on any atom is 0.243 e. The molecule has 0 radical (unpaired) electrons. The summed E-state index contributed by atoms with van der Waals surface area (Å²) < 4.78 is 7.66. The minimum Gasteiger partial charge on any atom is -0.457 e. The highest BCUT2D eigenvalue weighted by Crippen LogP contribution is 2.29. The molecule has 3 rings (SSSR count). The lowest BCUT2D eigenvalue weighted by molar-refractivity contribution is -0.129. The van der Waals surface area contributed by atoms with Gasteiger partial charge in [0.15, 0.2) is 0 Å². The molecule has 0 saturated heterocycles. The van der Waals surface area contributed by atoms with Crippen LogP contribution in [0, 0.1) is 0 Å². The van der Waals surface area contributed by atoms with Crippen LogP contribution in [0.25, 0.3) is 16.9 Å². The predicted octanol–water partition coefficient (Wildman–Crippen LogP) is 3.81. The van der Waals surface area contributed by atoms with Gasteiger partial charge in [-0.25, -0.2) is 0 Å². The molecule has 7 nitrogen and oxygen atoms in total. The van der Waals surface area contributed by atoms with Crippen LogP contribution in [0.1, 0.15) is 12.5 Å². The van der Waals surface area contributed by atoms with E-state index in [2.05, 4.69) is 21.8 Å². The van der Waals surface area contributed by atoms with E-state index in [4.69, 9.17) is 4.74 Å². The molecule has 7 heteroatoms. The summed E-state index contributed by atoms with van der Waals surface area (Å²) >= 11 is 0. The molecule has 0 spiro atoms. The Bertz CT molecular complexity index is 1040. The molecule has 29 heavy (non-hydrogen) atoms. The van der Waals surface area contributed by atoms with Gasteiger partial charge in [0.05, 0.1) is 17.4 Å². The van der Waals surface area contributed by atoms with Crippen LogP contribution in [-0.2, 0) is 11.3 Å². The summed E-state index contributed by atoms with van der Waals surface area (Å²) in [5.74, 6) is 1.34. The molecular formula is C22H23N5O2. The van der Waals surface area contributed by atoms with Crippen LogP contribution >= 0.6 is 0 Å². The van der Waals surface area contributed by atoms with Crippen molar-refractivity contribution in [3.8, 4) is 16.9 Å². The maximum atomic E-state index is 11.8. The quantitative estimate of drug-likeness (QED) is 0.455. The fraction of sp³-hybridized carbons (Fsp3) is 0.182. The van der Waals surface area contributed by atoms with Gasteiger partial charge in [-0.15, -0.1) is 0 Å². The molecule has 3 aromatic rings. The van der Waals surface area contributed by atoms with Crippen LogP contribution in [0.3, 0.4) is 0 Å². The van der Waals surface area contributed by atoms with Crippen LogP contribution in [0.5, 0.6) is 5.75 Å². The molecule has 0 saturated carbocycles. The Labute approximate surface area is 170 Å². The van der Waals surface area contributed by atoms with E-state index in [0.29, 0.717) is 17.2 Å². The summed E-state index contributed by atoms with van der Waals surface area (Å²) in [4.78, 5) is 21.5. The van der Waals surface area contributed by atoms with Gasteiger partial charge in [0, 0.05) is 38.2 Å². The molecule has 0 bridgehead atoms. The summed E-state index contributed by atoms with van der Waals surface area (Å²) in [7, 11) is 3.45. The van der Waals surface area contributed by atoms with E-state index in [1.165, 1.54) is 0 Å². The van der Waals surface area contributed by atoms with Gasteiger partial charge in [-0.05, 0) is 43.5 Å². The molecule has 1 aromatic carbocycles. The Kier molecular flexibility index (Phi) is 6.19. The van der Waals surface area contributed by atoms with Crippen LogP contribution in [0.15, 0.2) is 66.2 Å². The SMILES string of the molecule is C=Nc1ccncc1/C(=C\C)Oc1ccc(-c2cnn(CC(=O)N(C)C)c2)cc1. The van der Waals surface area contributed by atoms with Crippen molar-refractivity contribution in [2.24, 2.45) is 4.99 Å². The first-order valence-corrected chi connectivity index (χ1v) is 9.10. The smallest absolute Gasteiger partial charge is 0.243 e. The van der Waals surface area contributed by atoms with Crippen LogP contribution < -0.4 is 4.74 Å². The van der Waals surface area contributed by atoms with Gasteiger partial charge in [0.2, 0.25) is 5.91 Å². The standard InChI is InChI=1S/C22H23N5O2/c1-5-21(19-13-24-11-10-20(19)23-2)29-18-8-6-16(7-9-18)17-12-25-27(14-17)15-22(28)26(3)4/h5-14H,2,15H2,1,3-4H3/b21-5+. The number of aliphatic imine (C=N–C) groups is 1. The minimum atomic E-state index is -0.00827. The second-order valence-electron chi connectivity index (χ2n) is 6.55. The van der Waals surface area contributed by atoms with Gasteiger partial charge in [-0.1, -0.05) is 12.1 Å². The zero-order chi connectivity index (χ0) is 20.8. The third-order valence-corrected chi connectivity index (χ3v) is 4.34. The van der Waals surface area contributed by atoms with Crippen molar-refractivity contribution >= 4 is 24.1 Å². The van der Waals surface area contributed by atoms with E-state index in [1.54, 1.807) is 48.3 Å². The average molecular weight is 389 g/mol. The summed E-state index contributed by atoms with van der Waals surface area (Å²) in [5, 5.41) is 4.26. The Balaban J connectivity index is 1.74. The fourth-order valence-corrected chi connectivity index (χ4v) is 2.71. The number of rotatable bonds is 7. The lowest BCUT2D eigenvalue weighted by atomic mass is 10.1. The first kappa shape index (κ1) is 20.0. The second-order valence-corrected chi connectivity index (χ2v) is 6.55. The molecule has 0 unspecified atom stereocenters. The number of hydrogen-bond donors (Lipinski definition) is 0. The van der Waals surface area contributed by atoms with Crippen molar-refractivity contribution < 1.29 is 9.53 Å². The molecule has 0 aliphatic rings. The van der Waals surface area contributed by atoms with Gasteiger partial charge >= 0.3 is 0 Å². The highest BCUT2D eigenvalue weighted by Gasteiger charge is 2.10. The Hall–Kier alpha value is -3.74. The molecule has 0 atom stereocenters. The number of pyridine rings is 1. The summed E-state index contributed by atoms with van der Waals surface area (Å²) in [6.45, 7) is 5.71. The summed E-state index contributed by atoms with van der Waals surface area (Å²) in [5.41, 5.74) is 3.41. The number of carbonyl (C=O) groups is 1. The summed E-state index contributed by atoms with van der Waals surface area (Å²) in [6.07, 6.45) is 8.84. The van der Waals surface area contributed by atoms with Gasteiger partial charge in [0.25, 0.3) is 0 Å². The third-order valence-electron chi connectivity index (χ3n) is 4.34. The largest absolute Gasteiger partial charge is 0.457 e. The van der Waals surface area contributed by atoms with Crippen molar-refractivity contribution in [3.05, 3.63) is 66.8 Å². The molecule has 0 fully saturated rings. The van der Waals surface area contributed by atoms with Gasteiger partial charge < -0.3 is 9.64 Å².